The summed E-state index contributed by atoms with van der Waals surface area (Å²) in [5, 5.41) is 9.68. The van der Waals surface area contributed by atoms with E-state index in [0.29, 0.717) is 6.29 Å². The normalized spacial score (nSPS) is 9.59. The fourth-order valence-electron chi connectivity index (χ4n) is 1.43. The summed E-state index contributed by atoms with van der Waals surface area (Å²) in [7, 11) is 3.76. The molecule has 0 aliphatic rings. The number of carbonyl (C=O) groups excluding carboxylic acids is 2. The number of benzene rings is 1. The Kier molecular flexibility index (Phi) is 3.92. The van der Waals surface area contributed by atoms with E-state index in [1.807, 2.05) is 0 Å². The van der Waals surface area contributed by atoms with E-state index in [-0.39, 0.29) is 28.4 Å². The number of hydrogen-bond acceptors (Lipinski definition) is 6. The Morgan fingerprint density at radius 1 is 1.29 bits per heavy atom. The Balaban J connectivity index is 3.60. The largest absolute Gasteiger partial charge is 0.507 e. The van der Waals surface area contributed by atoms with E-state index in [4.69, 9.17) is 9.47 Å². The zero-order valence-corrected chi connectivity index (χ0v) is 9.64. The van der Waals surface area contributed by atoms with Crippen LogP contribution < -0.4 is 9.47 Å². The van der Waals surface area contributed by atoms with Gasteiger partial charge in [0.05, 0.1) is 26.9 Å². The molecule has 1 N–H and O–H groups in total. The molecule has 0 aliphatic heterocycles. The predicted molar refractivity (Wildman–Crippen MR) is 57.9 cm³/mol. The highest BCUT2D eigenvalue weighted by Gasteiger charge is 2.24. The van der Waals surface area contributed by atoms with Crippen molar-refractivity contribution in [2.75, 3.05) is 21.3 Å². The second-order valence-corrected chi connectivity index (χ2v) is 3.03. The molecule has 0 radical (unpaired) electrons. The van der Waals surface area contributed by atoms with Gasteiger partial charge in [0.15, 0.2) is 12.0 Å². The standard InChI is InChI=1S/C11H12O6/c1-15-8-4-7(13)9(11(14)17-3)10(16-2)6(8)5-12/h4-5,13H,1-3H3. The Morgan fingerprint density at radius 2 is 1.94 bits per heavy atom. The number of carbonyl (C=O) groups is 2. The van der Waals surface area contributed by atoms with Crippen molar-refractivity contribution in [1.29, 1.82) is 0 Å². The molecule has 0 unspecified atom stereocenters. The highest BCUT2D eigenvalue weighted by molar-refractivity contribution is 6.00. The van der Waals surface area contributed by atoms with Crippen LogP contribution in [0.4, 0.5) is 0 Å². The quantitative estimate of drug-likeness (QED) is 0.624. The molecule has 92 valence electrons. The monoisotopic (exact) mass is 240 g/mol. The van der Waals surface area contributed by atoms with Gasteiger partial charge in [0.2, 0.25) is 0 Å². The third-order valence-electron chi connectivity index (χ3n) is 2.19. The van der Waals surface area contributed by atoms with Gasteiger partial charge >= 0.3 is 5.97 Å². The lowest BCUT2D eigenvalue weighted by molar-refractivity contribution is 0.0593. The minimum Gasteiger partial charge on any atom is -0.507 e. The molecule has 0 atom stereocenters. The smallest absolute Gasteiger partial charge is 0.345 e. The number of aromatic hydroxyl groups is 1. The molecular formula is C11H12O6. The SMILES string of the molecule is COC(=O)c1c(O)cc(OC)c(C=O)c1OC. The zero-order chi connectivity index (χ0) is 13.0. The molecule has 0 aliphatic carbocycles. The number of phenols is 1. The summed E-state index contributed by atoms with van der Waals surface area (Å²) >= 11 is 0. The van der Waals surface area contributed by atoms with E-state index in [1.54, 1.807) is 0 Å². The molecule has 6 nitrogen and oxygen atoms in total. The first-order chi connectivity index (χ1) is 8.10. The summed E-state index contributed by atoms with van der Waals surface area (Å²) in [6.45, 7) is 0. The van der Waals surface area contributed by atoms with Gasteiger partial charge in [0, 0.05) is 6.07 Å². The second kappa shape index (κ2) is 5.20. The number of methoxy groups -OCH3 is 3. The number of aldehydes is 1. The van der Waals surface area contributed by atoms with Gasteiger partial charge in [-0.1, -0.05) is 0 Å². The number of phenolic OH excluding ortho intramolecular Hbond substituents is 1. The molecule has 0 aromatic heterocycles. The van der Waals surface area contributed by atoms with Crippen LogP contribution >= 0.6 is 0 Å². The maximum absolute atomic E-state index is 11.5. The van der Waals surface area contributed by atoms with E-state index >= 15 is 0 Å². The molecule has 0 saturated carbocycles. The first-order valence-corrected chi connectivity index (χ1v) is 4.62. The minimum atomic E-state index is -0.801. The summed E-state index contributed by atoms with van der Waals surface area (Å²) in [5.74, 6) is -1.15. The third kappa shape index (κ3) is 2.15. The van der Waals surface area contributed by atoms with Crippen molar-refractivity contribution >= 4 is 12.3 Å². The van der Waals surface area contributed by atoms with E-state index in [2.05, 4.69) is 4.74 Å². The Hall–Kier alpha value is -2.24. The fraction of sp³-hybridized carbons (Fsp3) is 0.273. The highest BCUT2D eigenvalue weighted by Crippen LogP contribution is 2.37. The van der Waals surface area contributed by atoms with Gasteiger partial charge in [-0.3, -0.25) is 4.79 Å². The van der Waals surface area contributed by atoms with Gasteiger partial charge < -0.3 is 19.3 Å². The molecule has 0 heterocycles. The van der Waals surface area contributed by atoms with Gasteiger partial charge in [0.25, 0.3) is 0 Å². The topological polar surface area (TPSA) is 82.1 Å². The molecule has 0 amide bonds. The van der Waals surface area contributed by atoms with Crippen LogP contribution in [-0.4, -0.2) is 38.7 Å². The maximum Gasteiger partial charge on any atom is 0.345 e. The minimum absolute atomic E-state index is 0.0354. The van der Waals surface area contributed by atoms with Crippen molar-refractivity contribution in [3.8, 4) is 17.2 Å². The van der Waals surface area contributed by atoms with Crippen LogP contribution in [0.3, 0.4) is 0 Å². The molecule has 1 rings (SSSR count). The fourth-order valence-corrected chi connectivity index (χ4v) is 1.43. The van der Waals surface area contributed by atoms with E-state index < -0.39 is 5.97 Å². The van der Waals surface area contributed by atoms with Crippen molar-refractivity contribution < 1.29 is 28.9 Å². The van der Waals surface area contributed by atoms with Gasteiger partial charge in [0.1, 0.15) is 17.1 Å². The zero-order valence-electron chi connectivity index (χ0n) is 9.64. The lowest BCUT2D eigenvalue weighted by atomic mass is 10.1. The number of ether oxygens (including phenoxy) is 3. The van der Waals surface area contributed by atoms with Crippen LogP contribution in [0.25, 0.3) is 0 Å². The molecular weight excluding hydrogens is 228 g/mol. The van der Waals surface area contributed by atoms with Gasteiger partial charge in [-0.15, -0.1) is 0 Å². The van der Waals surface area contributed by atoms with E-state index in [0.717, 1.165) is 13.2 Å². The van der Waals surface area contributed by atoms with Crippen molar-refractivity contribution in [3.05, 3.63) is 17.2 Å². The van der Waals surface area contributed by atoms with Crippen LogP contribution in [0.2, 0.25) is 0 Å². The van der Waals surface area contributed by atoms with Crippen LogP contribution in [0.15, 0.2) is 6.07 Å². The molecule has 1 aromatic rings. The summed E-state index contributed by atoms with van der Waals surface area (Å²) in [6.07, 6.45) is 0.476. The Morgan fingerprint density at radius 3 is 2.35 bits per heavy atom. The number of rotatable bonds is 4. The van der Waals surface area contributed by atoms with E-state index in [1.165, 1.54) is 14.2 Å². The van der Waals surface area contributed by atoms with Crippen molar-refractivity contribution in [1.82, 2.24) is 0 Å². The lowest BCUT2D eigenvalue weighted by Gasteiger charge is -2.13. The first kappa shape index (κ1) is 12.8. The molecule has 6 heteroatoms. The molecule has 17 heavy (non-hydrogen) atoms. The highest BCUT2D eigenvalue weighted by atomic mass is 16.5. The van der Waals surface area contributed by atoms with Crippen molar-refractivity contribution in [2.45, 2.75) is 0 Å². The van der Waals surface area contributed by atoms with Crippen LogP contribution in [0, 0.1) is 0 Å². The van der Waals surface area contributed by atoms with Crippen molar-refractivity contribution in [2.24, 2.45) is 0 Å². The van der Waals surface area contributed by atoms with Gasteiger partial charge in [-0.05, 0) is 0 Å². The predicted octanol–water partition coefficient (Wildman–Crippen LogP) is 1.01. The molecule has 1 aromatic carbocycles. The second-order valence-electron chi connectivity index (χ2n) is 3.03. The summed E-state index contributed by atoms with van der Waals surface area (Å²) in [5.41, 5.74) is -0.175. The summed E-state index contributed by atoms with van der Waals surface area (Å²) < 4.78 is 14.3. The summed E-state index contributed by atoms with van der Waals surface area (Å²) in [4.78, 5) is 22.4. The third-order valence-corrected chi connectivity index (χ3v) is 2.19. The average molecular weight is 240 g/mol. The van der Waals surface area contributed by atoms with Gasteiger partial charge in [-0.2, -0.15) is 0 Å². The maximum atomic E-state index is 11.5. The summed E-state index contributed by atoms with van der Waals surface area (Å²) in [6, 6.07) is 1.15. The van der Waals surface area contributed by atoms with Crippen molar-refractivity contribution in [3.63, 3.8) is 0 Å². The molecule has 0 spiro atoms. The number of hydrogen-bond donors (Lipinski definition) is 1. The average Bonchev–Trinajstić information content (AvgIpc) is 2.36. The Bertz CT molecular complexity index is 452. The molecule has 0 fully saturated rings. The Labute approximate surface area is 97.7 Å². The van der Waals surface area contributed by atoms with Crippen LogP contribution in [0.5, 0.6) is 17.2 Å². The molecule has 0 bridgehead atoms. The van der Waals surface area contributed by atoms with Crippen LogP contribution in [-0.2, 0) is 4.74 Å². The number of esters is 1. The lowest BCUT2D eigenvalue weighted by Crippen LogP contribution is -2.07. The first-order valence-electron chi connectivity index (χ1n) is 4.62. The molecule has 0 saturated heterocycles. The van der Waals surface area contributed by atoms with Crippen LogP contribution in [0.1, 0.15) is 20.7 Å². The van der Waals surface area contributed by atoms with E-state index in [9.17, 15) is 14.7 Å². The van der Waals surface area contributed by atoms with Gasteiger partial charge in [-0.25, -0.2) is 4.79 Å².